The van der Waals surface area contributed by atoms with Crippen molar-refractivity contribution in [1.29, 1.82) is 0 Å². The first-order valence-electron chi connectivity index (χ1n) is 5.96. The van der Waals surface area contributed by atoms with Crippen molar-refractivity contribution >= 4 is 29.0 Å². The largest absolute Gasteiger partial charge is 0.444 e. The number of anilines is 1. The highest BCUT2D eigenvalue weighted by Crippen LogP contribution is 2.24. The van der Waals surface area contributed by atoms with E-state index in [-0.39, 0.29) is 0 Å². The molecule has 1 aromatic carbocycles. The average Bonchev–Trinajstić information content (AvgIpc) is 2.70. The van der Waals surface area contributed by atoms with Gasteiger partial charge in [0.05, 0.1) is 11.4 Å². The molecule has 0 atom stereocenters. The van der Waals surface area contributed by atoms with E-state index >= 15 is 0 Å². The number of carbonyl (C=O) groups is 2. The molecule has 0 saturated carbocycles. The second kappa shape index (κ2) is 4.76. The Balaban J connectivity index is 2.27. The molecule has 0 aliphatic carbocycles. The highest BCUT2D eigenvalue weighted by atomic mass is 16.6. The maximum absolute atomic E-state index is 11.7. The lowest BCUT2D eigenvalue weighted by Gasteiger charge is -2.19. The van der Waals surface area contributed by atoms with Crippen molar-refractivity contribution in [3.8, 4) is 0 Å². The van der Waals surface area contributed by atoms with E-state index in [1.54, 1.807) is 39.0 Å². The zero-order valence-electron chi connectivity index (χ0n) is 11.1. The van der Waals surface area contributed by atoms with Crippen LogP contribution in [-0.2, 0) is 4.74 Å². The number of nitrogens with one attached hydrogen (secondary N) is 2. The topological polar surface area (TPSA) is 71.2 Å². The van der Waals surface area contributed by atoms with Crippen LogP contribution >= 0.6 is 0 Å². The van der Waals surface area contributed by atoms with Gasteiger partial charge in [0.1, 0.15) is 5.60 Å². The zero-order chi connectivity index (χ0) is 14.0. The fraction of sp³-hybridized carbons (Fsp3) is 0.286. The van der Waals surface area contributed by atoms with Gasteiger partial charge in [0.15, 0.2) is 6.29 Å². The molecule has 2 aromatic rings. The van der Waals surface area contributed by atoms with Crippen LogP contribution in [0.4, 0.5) is 10.5 Å². The second-order valence-corrected chi connectivity index (χ2v) is 5.24. The molecule has 19 heavy (non-hydrogen) atoms. The molecule has 0 spiro atoms. The molecule has 0 saturated heterocycles. The number of hydrogen-bond acceptors (Lipinski definition) is 3. The van der Waals surface area contributed by atoms with Gasteiger partial charge >= 0.3 is 6.09 Å². The average molecular weight is 260 g/mol. The highest BCUT2D eigenvalue weighted by Gasteiger charge is 2.17. The summed E-state index contributed by atoms with van der Waals surface area (Å²) in [5.41, 5.74) is 1.31. The Bertz CT molecular complexity index is 623. The van der Waals surface area contributed by atoms with Gasteiger partial charge in [0, 0.05) is 10.9 Å². The summed E-state index contributed by atoms with van der Waals surface area (Å²) in [6, 6.07) is 7.08. The smallest absolute Gasteiger partial charge is 0.412 e. The second-order valence-electron chi connectivity index (χ2n) is 5.24. The standard InChI is InChI=1S/C14H16N2O3/c1-14(2,3)19-13(18)16-12-6-4-5-11-10(12)7-9(8-17)15-11/h4-8,15H,1-3H3,(H,16,18). The third-order valence-electron chi connectivity index (χ3n) is 2.45. The number of aldehydes is 1. The van der Waals surface area contributed by atoms with Crippen LogP contribution in [0.25, 0.3) is 10.9 Å². The van der Waals surface area contributed by atoms with Gasteiger partial charge in [0.2, 0.25) is 0 Å². The van der Waals surface area contributed by atoms with Crippen molar-refractivity contribution in [2.24, 2.45) is 0 Å². The third kappa shape index (κ3) is 3.13. The van der Waals surface area contributed by atoms with E-state index in [1.165, 1.54) is 0 Å². The van der Waals surface area contributed by atoms with Crippen molar-refractivity contribution in [3.63, 3.8) is 0 Å². The summed E-state index contributed by atoms with van der Waals surface area (Å²) < 4.78 is 5.19. The molecule has 5 heteroatoms. The van der Waals surface area contributed by atoms with Crippen molar-refractivity contribution in [2.45, 2.75) is 26.4 Å². The fourth-order valence-corrected chi connectivity index (χ4v) is 1.76. The molecular formula is C14H16N2O3. The minimum Gasteiger partial charge on any atom is -0.444 e. The Labute approximate surface area is 110 Å². The first-order chi connectivity index (χ1) is 8.89. The number of H-pyrrole nitrogens is 1. The lowest BCUT2D eigenvalue weighted by atomic mass is 10.2. The maximum Gasteiger partial charge on any atom is 0.412 e. The van der Waals surface area contributed by atoms with Gasteiger partial charge in [-0.3, -0.25) is 10.1 Å². The molecule has 1 heterocycles. The fourth-order valence-electron chi connectivity index (χ4n) is 1.76. The first kappa shape index (κ1) is 13.1. The van der Waals surface area contributed by atoms with Crippen molar-refractivity contribution in [2.75, 3.05) is 5.32 Å². The predicted octanol–water partition coefficient (Wildman–Crippen LogP) is 3.33. The Morgan fingerprint density at radius 1 is 1.37 bits per heavy atom. The van der Waals surface area contributed by atoms with Crippen LogP contribution in [0.1, 0.15) is 31.3 Å². The van der Waals surface area contributed by atoms with Crippen LogP contribution in [0.15, 0.2) is 24.3 Å². The Hall–Kier alpha value is -2.30. The van der Waals surface area contributed by atoms with Crippen molar-refractivity contribution in [3.05, 3.63) is 30.0 Å². The molecule has 2 rings (SSSR count). The number of benzene rings is 1. The zero-order valence-corrected chi connectivity index (χ0v) is 11.1. The minimum atomic E-state index is -0.552. The van der Waals surface area contributed by atoms with Crippen molar-refractivity contribution < 1.29 is 14.3 Å². The minimum absolute atomic E-state index is 0.466. The monoisotopic (exact) mass is 260 g/mol. The van der Waals surface area contributed by atoms with Gasteiger partial charge in [-0.15, -0.1) is 0 Å². The molecule has 5 nitrogen and oxygen atoms in total. The van der Waals surface area contributed by atoms with E-state index in [0.717, 1.165) is 17.2 Å². The van der Waals surface area contributed by atoms with Gasteiger partial charge in [-0.1, -0.05) is 6.07 Å². The van der Waals surface area contributed by atoms with Gasteiger partial charge in [-0.25, -0.2) is 4.79 Å². The summed E-state index contributed by atoms with van der Waals surface area (Å²) in [5.74, 6) is 0. The van der Waals surface area contributed by atoms with E-state index in [4.69, 9.17) is 4.74 Å². The molecule has 1 aromatic heterocycles. The van der Waals surface area contributed by atoms with Crippen LogP contribution in [0.5, 0.6) is 0 Å². The van der Waals surface area contributed by atoms with Crippen LogP contribution in [0.3, 0.4) is 0 Å². The number of hydrogen-bond donors (Lipinski definition) is 2. The molecule has 0 fully saturated rings. The normalized spacial score (nSPS) is 11.3. The number of ether oxygens (including phenoxy) is 1. The molecule has 100 valence electrons. The van der Waals surface area contributed by atoms with Crippen LogP contribution in [-0.4, -0.2) is 23.0 Å². The molecule has 0 aliphatic rings. The molecule has 0 aliphatic heterocycles. The number of aromatic amines is 1. The Kier molecular flexibility index (Phi) is 3.29. The molecular weight excluding hydrogens is 244 g/mol. The van der Waals surface area contributed by atoms with E-state index in [9.17, 15) is 9.59 Å². The van der Waals surface area contributed by atoms with Crippen LogP contribution < -0.4 is 5.32 Å². The summed E-state index contributed by atoms with van der Waals surface area (Å²) in [7, 11) is 0. The maximum atomic E-state index is 11.7. The lowest BCUT2D eigenvalue weighted by Crippen LogP contribution is -2.27. The molecule has 0 radical (unpaired) electrons. The quantitative estimate of drug-likeness (QED) is 0.813. The summed E-state index contributed by atoms with van der Waals surface area (Å²) in [5, 5.41) is 3.46. The number of amides is 1. The molecule has 2 N–H and O–H groups in total. The first-order valence-corrected chi connectivity index (χ1v) is 5.96. The predicted molar refractivity (Wildman–Crippen MR) is 73.5 cm³/mol. The lowest BCUT2D eigenvalue weighted by molar-refractivity contribution is 0.0636. The number of carbonyl (C=O) groups excluding carboxylic acids is 2. The van der Waals surface area contributed by atoms with Gasteiger partial charge in [0.25, 0.3) is 0 Å². The van der Waals surface area contributed by atoms with E-state index in [0.29, 0.717) is 11.4 Å². The van der Waals surface area contributed by atoms with E-state index in [1.807, 2.05) is 6.07 Å². The number of aromatic nitrogens is 1. The Morgan fingerprint density at radius 3 is 2.74 bits per heavy atom. The number of rotatable bonds is 2. The molecule has 0 unspecified atom stereocenters. The molecule has 1 amide bonds. The van der Waals surface area contributed by atoms with E-state index < -0.39 is 11.7 Å². The number of fused-ring (bicyclic) bond motifs is 1. The SMILES string of the molecule is CC(C)(C)OC(=O)Nc1cccc2[nH]c(C=O)cc12. The summed E-state index contributed by atoms with van der Waals surface area (Å²) in [6.45, 7) is 5.40. The van der Waals surface area contributed by atoms with Crippen LogP contribution in [0, 0.1) is 0 Å². The van der Waals surface area contributed by atoms with Gasteiger partial charge in [-0.05, 0) is 39.0 Å². The Morgan fingerprint density at radius 2 is 2.11 bits per heavy atom. The van der Waals surface area contributed by atoms with Gasteiger partial charge < -0.3 is 9.72 Å². The van der Waals surface area contributed by atoms with E-state index in [2.05, 4.69) is 10.3 Å². The van der Waals surface area contributed by atoms with Gasteiger partial charge in [-0.2, -0.15) is 0 Å². The summed E-state index contributed by atoms with van der Waals surface area (Å²) in [4.78, 5) is 25.4. The molecule has 0 bridgehead atoms. The third-order valence-corrected chi connectivity index (χ3v) is 2.45. The van der Waals surface area contributed by atoms with Crippen molar-refractivity contribution in [1.82, 2.24) is 4.98 Å². The summed E-state index contributed by atoms with van der Waals surface area (Å²) in [6.07, 6.45) is 0.214. The highest BCUT2D eigenvalue weighted by molar-refractivity contribution is 6.01. The summed E-state index contributed by atoms with van der Waals surface area (Å²) >= 11 is 0. The van der Waals surface area contributed by atoms with Crippen LogP contribution in [0.2, 0.25) is 0 Å².